The van der Waals surface area contributed by atoms with Gasteiger partial charge in [0.15, 0.2) is 0 Å². The highest BCUT2D eigenvalue weighted by Crippen LogP contribution is 2.23. The lowest BCUT2D eigenvalue weighted by Crippen LogP contribution is -2.14. The van der Waals surface area contributed by atoms with Crippen molar-refractivity contribution in [3.63, 3.8) is 0 Å². The van der Waals surface area contributed by atoms with Crippen LogP contribution in [0.3, 0.4) is 0 Å². The highest BCUT2D eigenvalue weighted by molar-refractivity contribution is 9.10. The maximum Gasteiger partial charge on any atom is 0.257 e. The second kappa shape index (κ2) is 5.23. The van der Waals surface area contributed by atoms with Crippen LogP contribution >= 0.6 is 15.9 Å². The van der Waals surface area contributed by atoms with Crippen LogP contribution in [-0.4, -0.2) is 5.91 Å². The summed E-state index contributed by atoms with van der Waals surface area (Å²) in [6.45, 7) is 1.98. The number of nitrogens with two attached hydrogens (primary N) is 1. The monoisotopic (exact) mass is 304 g/mol. The van der Waals surface area contributed by atoms with Crippen LogP contribution < -0.4 is 11.1 Å². The predicted octanol–water partition coefficient (Wildman–Crippen LogP) is 3.59. The van der Waals surface area contributed by atoms with Gasteiger partial charge in [0.1, 0.15) is 0 Å². The molecular formula is C14H13BrN2O. The first-order valence-electron chi connectivity index (χ1n) is 5.50. The first-order chi connectivity index (χ1) is 8.58. The van der Waals surface area contributed by atoms with E-state index in [-0.39, 0.29) is 5.91 Å². The van der Waals surface area contributed by atoms with E-state index >= 15 is 0 Å². The molecule has 0 saturated carbocycles. The molecule has 3 nitrogen and oxygen atoms in total. The minimum atomic E-state index is -0.209. The second-order valence-corrected chi connectivity index (χ2v) is 4.88. The summed E-state index contributed by atoms with van der Waals surface area (Å²) in [4.78, 5) is 12.1. The summed E-state index contributed by atoms with van der Waals surface area (Å²) in [5.74, 6) is -0.209. The van der Waals surface area contributed by atoms with E-state index in [0.29, 0.717) is 11.3 Å². The molecule has 0 saturated heterocycles. The summed E-state index contributed by atoms with van der Waals surface area (Å²) in [6, 6.07) is 12.9. The minimum absolute atomic E-state index is 0.209. The van der Waals surface area contributed by atoms with Crippen LogP contribution in [0, 0.1) is 6.92 Å². The Balaban J connectivity index is 2.25. The lowest BCUT2D eigenvalue weighted by atomic mass is 10.1. The number of rotatable bonds is 2. The van der Waals surface area contributed by atoms with Gasteiger partial charge in [0.25, 0.3) is 5.91 Å². The Morgan fingerprint density at radius 2 is 1.94 bits per heavy atom. The van der Waals surface area contributed by atoms with E-state index in [1.54, 1.807) is 18.2 Å². The van der Waals surface area contributed by atoms with Crippen molar-refractivity contribution >= 4 is 33.2 Å². The van der Waals surface area contributed by atoms with Crippen LogP contribution in [0.1, 0.15) is 15.9 Å². The van der Waals surface area contributed by atoms with Gasteiger partial charge < -0.3 is 11.1 Å². The van der Waals surface area contributed by atoms with Crippen LogP contribution in [0.25, 0.3) is 0 Å². The smallest absolute Gasteiger partial charge is 0.257 e. The van der Waals surface area contributed by atoms with Gasteiger partial charge in [-0.15, -0.1) is 0 Å². The number of amides is 1. The fourth-order valence-electron chi connectivity index (χ4n) is 1.66. The zero-order valence-corrected chi connectivity index (χ0v) is 11.5. The minimum Gasteiger partial charge on any atom is -0.397 e. The highest BCUT2D eigenvalue weighted by Gasteiger charge is 2.11. The van der Waals surface area contributed by atoms with Crippen LogP contribution in [0.5, 0.6) is 0 Å². The number of para-hydroxylation sites is 1. The van der Waals surface area contributed by atoms with Gasteiger partial charge in [-0.3, -0.25) is 4.79 Å². The fraction of sp³-hybridized carbons (Fsp3) is 0.0714. The Morgan fingerprint density at radius 1 is 1.22 bits per heavy atom. The van der Waals surface area contributed by atoms with E-state index in [0.717, 1.165) is 15.7 Å². The Labute approximate surface area is 114 Å². The van der Waals surface area contributed by atoms with Gasteiger partial charge in [-0.05, 0) is 52.7 Å². The van der Waals surface area contributed by atoms with Crippen molar-refractivity contribution in [3.8, 4) is 0 Å². The molecule has 0 fully saturated rings. The molecule has 18 heavy (non-hydrogen) atoms. The Kier molecular flexibility index (Phi) is 3.67. The molecule has 92 valence electrons. The maximum absolute atomic E-state index is 12.1. The van der Waals surface area contributed by atoms with Crippen molar-refractivity contribution in [2.45, 2.75) is 6.92 Å². The van der Waals surface area contributed by atoms with Crippen molar-refractivity contribution in [2.75, 3.05) is 11.1 Å². The average molecular weight is 305 g/mol. The number of hydrogen-bond acceptors (Lipinski definition) is 2. The Bertz CT molecular complexity index is 596. The third-order valence-electron chi connectivity index (χ3n) is 2.57. The fourth-order valence-corrected chi connectivity index (χ4v) is 2.02. The molecule has 0 aliphatic heterocycles. The van der Waals surface area contributed by atoms with Crippen molar-refractivity contribution in [1.29, 1.82) is 0 Å². The van der Waals surface area contributed by atoms with Crippen LogP contribution in [0.15, 0.2) is 46.9 Å². The normalized spacial score (nSPS) is 10.1. The first kappa shape index (κ1) is 12.6. The lowest BCUT2D eigenvalue weighted by Gasteiger charge is -2.09. The number of nitrogens with one attached hydrogen (secondary N) is 1. The predicted molar refractivity (Wildman–Crippen MR) is 77.7 cm³/mol. The molecule has 4 heteroatoms. The summed E-state index contributed by atoms with van der Waals surface area (Å²) >= 11 is 3.31. The third-order valence-corrected chi connectivity index (χ3v) is 3.26. The Morgan fingerprint density at radius 3 is 2.67 bits per heavy atom. The van der Waals surface area contributed by atoms with E-state index in [4.69, 9.17) is 5.73 Å². The molecular weight excluding hydrogens is 292 g/mol. The zero-order chi connectivity index (χ0) is 13.1. The standard InChI is InChI=1S/C14H13BrN2O/c1-9-4-2-5-10(8-9)17-14(18)11-6-3-7-12(15)13(11)16/h2-8H,16H2,1H3,(H,17,18). The van der Waals surface area contributed by atoms with Gasteiger partial charge in [0.05, 0.1) is 11.3 Å². The summed E-state index contributed by atoms with van der Waals surface area (Å²) in [5.41, 5.74) is 8.63. The van der Waals surface area contributed by atoms with E-state index in [9.17, 15) is 4.79 Å². The van der Waals surface area contributed by atoms with Crippen molar-refractivity contribution < 1.29 is 4.79 Å². The van der Waals surface area contributed by atoms with E-state index < -0.39 is 0 Å². The quantitative estimate of drug-likeness (QED) is 0.833. The molecule has 3 N–H and O–H groups in total. The summed E-state index contributed by atoms with van der Waals surface area (Å²) in [7, 11) is 0. The van der Waals surface area contributed by atoms with E-state index in [2.05, 4.69) is 21.2 Å². The van der Waals surface area contributed by atoms with Gasteiger partial charge in [-0.2, -0.15) is 0 Å². The maximum atomic E-state index is 12.1. The SMILES string of the molecule is Cc1cccc(NC(=O)c2cccc(Br)c2N)c1. The number of carbonyl (C=O) groups excluding carboxylic acids is 1. The number of aryl methyl sites for hydroxylation is 1. The summed E-state index contributed by atoms with van der Waals surface area (Å²) in [5, 5.41) is 2.83. The van der Waals surface area contributed by atoms with E-state index in [1.165, 1.54) is 0 Å². The second-order valence-electron chi connectivity index (χ2n) is 4.02. The molecule has 1 amide bonds. The number of halogens is 1. The Hall–Kier alpha value is -1.81. The third kappa shape index (κ3) is 2.71. The molecule has 0 bridgehead atoms. The average Bonchev–Trinajstić information content (AvgIpc) is 2.32. The van der Waals surface area contributed by atoms with Crippen molar-refractivity contribution in [1.82, 2.24) is 0 Å². The first-order valence-corrected chi connectivity index (χ1v) is 6.29. The number of anilines is 2. The highest BCUT2D eigenvalue weighted by atomic mass is 79.9. The molecule has 2 aromatic rings. The van der Waals surface area contributed by atoms with Gasteiger partial charge in [-0.25, -0.2) is 0 Å². The van der Waals surface area contributed by atoms with Gasteiger partial charge in [0.2, 0.25) is 0 Å². The van der Waals surface area contributed by atoms with Crippen LogP contribution in [0.2, 0.25) is 0 Å². The number of hydrogen-bond donors (Lipinski definition) is 2. The molecule has 2 aromatic carbocycles. The number of nitrogen functional groups attached to an aromatic ring is 1. The van der Waals surface area contributed by atoms with Crippen molar-refractivity contribution in [2.24, 2.45) is 0 Å². The van der Waals surface area contributed by atoms with E-state index in [1.807, 2.05) is 31.2 Å². The van der Waals surface area contributed by atoms with Gasteiger partial charge in [0, 0.05) is 10.2 Å². The number of carbonyl (C=O) groups is 1. The molecule has 2 rings (SSSR count). The van der Waals surface area contributed by atoms with Gasteiger partial charge >= 0.3 is 0 Å². The molecule has 0 radical (unpaired) electrons. The molecule has 0 aliphatic carbocycles. The van der Waals surface area contributed by atoms with Crippen LogP contribution in [0.4, 0.5) is 11.4 Å². The molecule has 0 atom stereocenters. The van der Waals surface area contributed by atoms with Crippen molar-refractivity contribution in [3.05, 3.63) is 58.1 Å². The topological polar surface area (TPSA) is 55.1 Å². The molecule has 0 aromatic heterocycles. The largest absolute Gasteiger partial charge is 0.397 e. The van der Waals surface area contributed by atoms with Crippen LogP contribution in [-0.2, 0) is 0 Å². The lowest BCUT2D eigenvalue weighted by molar-refractivity contribution is 0.102. The zero-order valence-electron chi connectivity index (χ0n) is 9.91. The molecule has 0 aliphatic rings. The summed E-state index contributed by atoms with van der Waals surface area (Å²) in [6.07, 6.45) is 0. The molecule has 0 spiro atoms. The number of benzene rings is 2. The summed E-state index contributed by atoms with van der Waals surface area (Å²) < 4.78 is 0.722. The molecule has 0 heterocycles. The molecule has 0 unspecified atom stereocenters. The van der Waals surface area contributed by atoms with Gasteiger partial charge in [-0.1, -0.05) is 18.2 Å².